The maximum atomic E-state index is 11.2. The number of ether oxygens (including phenoxy) is 1. The normalized spacial score (nSPS) is 9.40. The second-order valence-electron chi connectivity index (χ2n) is 2.87. The predicted octanol–water partition coefficient (Wildman–Crippen LogP) is 2.43. The van der Waals surface area contributed by atoms with Gasteiger partial charge in [0.1, 0.15) is 6.07 Å². The number of carbonyl (C=O) groups excluding carboxylic acids is 1. The summed E-state index contributed by atoms with van der Waals surface area (Å²) in [4.78, 5) is 11.2. The van der Waals surface area contributed by atoms with E-state index < -0.39 is 0 Å². The molecule has 78 valence electrons. The van der Waals surface area contributed by atoms with E-state index >= 15 is 0 Å². The van der Waals surface area contributed by atoms with Crippen LogP contribution in [0.2, 0.25) is 0 Å². The Bertz CT molecular complexity index is 410. The third-order valence-electron chi connectivity index (χ3n) is 1.84. The summed E-state index contributed by atoms with van der Waals surface area (Å²) in [6, 6.07) is 7.28. The van der Waals surface area contributed by atoms with E-state index in [-0.39, 0.29) is 12.4 Å². The summed E-state index contributed by atoms with van der Waals surface area (Å²) in [7, 11) is 0. The monoisotopic (exact) mass is 267 g/mol. The van der Waals surface area contributed by atoms with Crippen LogP contribution < -0.4 is 0 Å². The summed E-state index contributed by atoms with van der Waals surface area (Å²) >= 11 is 3.29. The molecule has 0 aliphatic carbocycles. The fourth-order valence-corrected chi connectivity index (χ4v) is 1.66. The number of nitriles is 1. The molecule has 1 aromatic rings. The van der Waals surface area contributed by atoms with Gasteiger partial charge in [-0.25, -0.2) is 0 Å². The number of benzene rings is 1. The van der Waals surface area contributed by atoms with Crippen molar-refractivity contribution in [2.75, 3.05) is 6.61 Å². The molecule has 1 rings (SSSR count). The Labute approximate surface area is 96.8 Å². The predicted molar refractivity (Wildman–Crippen MR) is 59.2 cm³/mol. The van der Waals surface area contributed by atoms with Crippen molar-refractivity contribution < 1.29 is 9.53 Å². The lowest BCUT2D eigenvalue weighted by Crippen LogP contribution is -2.08. The van der Waals surface area contributed by atoms with Gasteiger partial charge in [0.25, 0.3) is 0 Å². The van der Waals surface area contributed by atoms with Crippen molar-refractivity contribution in [3.8, 4) is 6.07 Å². The second kappa shape index (κ2) is 5.52. The topological polar surface area (TPSA) is 50.1 Å². The molecule has 0 bridgehead atoms. The Morgan fingerprint density at radius 1 is 1.60 bits per heavy atom. The molecule has 15 heavy (non-hydrogen) atoms. The quantitative estimate of drug-likeness (QED) is 0.791. The summed E-state index contributed by atoms with van der Waals surface area (Å²) in [5.74, 6) is -0.284. The number of hydrogen-bond acceptors (Lipinski definition) is 3. The van der Waals surface area contributed by atoms with Gasteiger partial charge in [0.15, 0.2) is 0 Å². The molecular formula is C11H10BrNO2. The molecule has 0 spiro atoms. The molecule has 0 aromatic heterocycles. The van der Waals surface area contributed by atoms with Gasteiger partial charge in [-0.1, -0.05) is 12.1 Å². The van der Waals surface area contributed by atoms with Crippen molar-refractivity contribution in [2.24, 2.45) is 0 Å². The minimum absolute atomic E-state index is 0.184. The van der Waals surface area contributed by atoms with E-state index in [1.54, 1.807) is 25.1 Å². The highest BCUT2D eigenvalue weighted by Crippen LogP contribution is 2.21. The van der Waals surface area contributed by atoms with Crippen LogP contribution in [0.5, 0.6) is 0 Å². The molecule has 0 N–H and O–H groups in total. The average Bonchev–Trinajstić information content (AvgIpc) is 2.21. The van der Waals surface area contributed by atoms with Crippen molar-refractivity contribution in [1.82, 2.24) is 0 Å². The molecule has 1 aromatic carbocycles. The number of nitrogens with zero attached hydrogens (tertiary/aromatic N) is 1. The van der Waals surface area contributed by atoms with Crippen LogP contribution in [0.15, 0.2) is 22.7 Å². The van der Waals surface area contributed by atoms with Crippen LogP contribution in [0.4, 0.5) is 0 Å². The van der Waals surface area contributed by atoms with Crippen LogP contribution >= 0.6 is 15.9 Å². The van der Waals surface area contributed by atoms with Crippen LogP contribution in [0, 0.1) is 11.3 Å². The molecule has 0 aliphatic rings. The Balaban J connectivity index is 2.87. The summed E-state index contributed by atoms with van der Waals surface area (Å²) in [6.45, 7) is 2.13. The maximum absolute atomic E-state index is 11.2. The van der Waals surface area contributed by atoms with E-state index in [9.17, 15) is 4.79 Å². The molecule has 0 unspecified atom stereocenters. The lowest BCUT2D eigenvalue weighted by atomic mass is 10.1. The molecule has 0 heterocycles. The number of hydrogen-bond donors (Lipinski definition) is 0. The lowest BCUT2D eigenvalue weighted by molar-refractivity contribution is -0.142. The zero-order valence-corrected chi connectivity index (χ0v) is 9.87. The molecule has 0 aliphatic heterocycles. The van der Waals surface area contributed by atoms with E-state index in [0.717, 1.165) is 5.56 Å². The van der Waals surface area contributed by atoms with Gasteiger partial charge in [0.05, 0.1) is 18.6 Å². The second-order valence-corrected chi connectivity index (χ2v) is 3.67. The van der Waals surface area contributed by atoms with Crippen molar-refractivity contribution in [1.29, 1.82) is 5.26 Å². The first-order chi connectivity index (χ1) is 7.19. The van der Waals surface area contributed by atoms with Crippen molar-refractivity contribution in [3.63, 3.8) is 0 Å². The fourth-order valence-electron chi connectivity index (χ4n) is 1.17. The molecule has 4 heteroatoms. The van der Waals surface area contributed by atoms with Crippen LogP contribution in [0.1, 0.15) is 18.1 Å². The zero-order valence-electron chi connectivity index (χ0n) is 8.29. The minimum atomic E-state index is -0.284. The molecule has 3 nitrogen and oxygen atoms in total. The molecule has 0 saturated heterocycles. The lowest BCUT2D eigenvalue weighted by Gasteiger charge is -2.05. The summed E-state index contributed by atoms with van der Waals surface area (Å²) in [5, 5.41) is 8.78. The average molecular weight is 268 g/mol. The first-order valence-corrected chi connectivity index (χ1v) is 5.31. The van der Waals surface area contributed by atoms with Gasteiger partial charge in [0.2, 0.25) is 0 Å². The fraction of sp³-hybridized carbons (Fsp3) is 0.273. The summed E-state index contributed by atoms with van der Waals surface area (Å²) < 4.78 is 5.50. The summed E-state index contributed by atoms with van der Waals surface area (Å²) in [5.41, 5.74) is 1.30. The highest BCUT2D eigenvalue weighted by atomic mass is 79.9. The Hall–Kier alpha value is -1.34. The van der Waals surface area contributed by atoms with Crippen molar-refractivity contribution in [3.05, 3.63) is 33.8 Å². The van der Waals surface area contributed by atoms with E-state index in [1.807, 2.05) is 6.07 Å². The van der Waals surface area contributed by atoms with Gasteiger partial charge < -0.3 is 4.74 Å². The van der Waals surface area contributed by atoms with Crippen LogP contribution in [0.25, 0.3) is 0 Å². The smallest absolute Gasteiger partial charge is 0.310 e. The van der Waals surface area contributed by atoms with Crippen LogP contribution in [-0.2, 0) is 16.0 Å². The SMILES string of the molecule is CCOC(=O)Cc1cccc(C#N)c1Br. The minimum Gasteiger partial charge on any atom is -0.466 e. The first kappa shape index (κ1) is 11.7. The van der Waals surface area contributed by atoms with Gasteiger partial charge in [-0.15, -0.1) is 0 Å². The Morgan fingerprint density at radius 3 is 2.93 bits per heavy atom. The molecule has 0 amide bonds. The van der Waals surface area contributed by atoms with Crippen molar-refractivity contribution in [2.45, 2.75) is 13.3 Å². The Kier molecular flexibility index (Phi) is 4.32. The van der Waals surface area contributed by atoms with Crippen LogP contribution in [-0.4, -0.2) is 12.6 Å². The largest absolute Gasteiger partial charge is 0.466 e. The standard InChI is InChI=1S/C11H10BrNO2/c1-2-15-10(14)6-8-4-3-5-9(7-13)11(8)12/h3-5H,2,6H2,1H3. The van der Waals surface area contributed by atoms with Crippen LogP contribution in [0.3, 0.4) is 0 Å². The van der Waals surface area contributed by atoms with E-state index in [1.165, 1.54) is 0 Å². The summed E-state index contributed by atoms with van der Waals surface area (Å²) in [6.07, 6.45) is 0.184. The third kappa shape index (κ3) is 3.07. The first-order valence-electron chi connectivity index (χ1n) is 4.52. The van der Waals surface area contributed by atoms with E-state index in [4.69, 9.17) is 10.00 Å². The third-order valence-corrected chi connectivity index (χ3v) is 2.78. The van der Waals surface area contributed by atoms with E-state index in [0.29, 0.717) is 16.6 Å². The van der Waals surface area contributed by atoms with Gasteiger partial charge in [-0.3, -0.25) is 4.79 Å². The highest BCUT2D eigenvalue weighted by molar-refractivity contribution is 9.10. The number of esters is 1. The number of halogens is 1. The van der Waals surface area contributed by atoms with E-state index in [2.05, 4.69) is 15.9 Å². The van der Waals surface area contributed by atoms with Gasteiger partial charge in [-0.2, -0.15) is 5.26 Å². The Morgan fingerprint density at radius 2 is 2.33 bits per heavy atom. The van der Waals surface area contributed by atoms with Gasteiger partial charge in [-0.05, 0) is 34.5 Å². The highest BCUT2D eigenvalue weighted by Gasteiger charge is 2.09. The number of carbonyl (C=O) groups is 1. The van der Waals surface area contributed by atoms with Crippen molar-refractivity contribution >= 4 is 21.9 Å². The van der Waals surface area contributed by atoms with Gasteiger partial charge >= 0.3 is 5.97 Å². The maximum Gasteiger partial charge on any atom is 0.310 e. The molecule has 0 saturated carbocycles. The molecule has 0 radical (unpaired) electrons. The molecular weight excluding hydrogens is 258 g/mol. The molecule has 0 fully saturated rings. The van der Waals surface area contributed by atoms with Gasteiger partial charge in [0, 0.05) is 4.47 Å². The number of rotatable bonds is 3. The zero-order chi connectivity index (χ0) is 11.3. The molecule has 0 atom stereocenters.